The molecule has 0 bridgehead atoms. The van der Waals surface area contributed by atoms with Crippen LogP contribution in [0.5, 0.6) is 0 Å². The molecule has 3 nitrogen and oxygen atoms in total. The van der Waals surface area contributed by atoms with Crippen LogP contribution in [0.4, 0.5) is 0 Å². The highest BCUT2D eigenvalue weighted by Gasteiger charge is 2.43. The number of rotatable bonds is 4. The van der Waals surface area contributed by atoms with Crippen molar-refractivity contribution in [1.29, 1.82) is 0 Å². The van der Waals surface area contributed by atoms with Crippen LogP contribution >= 0.6 is 0 Å². The standard InChI is InChI=1S/C14H28N2O/c1-12(2)13-10-16(8-9-17-3)14(11-15-13)6-4-5-7-14/h12-13,15H,4-11H2,1-3H3. The van der Waals surface area contributed by atoms with Gasteiger partial charge in [0, 0.05) is 38.3 Å². The first-order chi connectivity index (χ1) is 8.18. The molecule has 1 heterocycles. The summed E-state index contributed by atoms with van der Waals surface area (Å²) in [6.45, 7) is 8.98. The van der Waals surface area contributed by atoms with E-state index in [4.69, 9.17) is 4.74 Å². The summed E-state index contributed by atoms with van der Waals surface area (Å²) in [5.41, 5.74) is 0.448. The highest BCUT2D eigenvalue weighted by atomic mass is 16.5. The van der Waals surface area contributed by atoms with Gasteiger partial charge in [0.05, 0.1) is 6.61 Å². The van der Waals surface area contributed by atoms with Crippen LogP contribution in [0.15, 0.2) is 0 Å². The van der Waals surface area contributed by atoms with Gasteiger partial charge in [-0.15, -0.1) is 0 Å². The van der Waals surface area contributed by atoms with E-state index in [9.17, 15) is 0 Å². The fraction of sp³-hybridized carbons (Fsp3) is 1.00. The topological polar surface area (TPSA) is 24.5 Å². The van der Waals surface area contributed by atoms with E-state index < -0.39 is 0 Å². The van der Waals surface area contributed by atoms with E-state index in [2.05, 4.69) is 24.1 Å². The third kappa shape index (κ3) is 2.83. The van der Waals surface area contributed by atoms with E-state index in [1.165, 1.54) is 38.8 Å². The third-order valence-corrected chi connectivity index (χ3v) is 4.69. The van der Waals surface area contributed by atoms with Gasteiger partial charge in [-0.2, -0.15) is 0 Å². The number of methoxy groups -OCH3 is 1. The van der Waals surface area contributed by atoms with Crippen molar-refractivity contribution in [3.05, 3.63) is 0 Å². The van der Waals surface area contributed by atoms with Gasteiger partial charge in [0.1, 0.15) is 0 Å². The Hall–Kier alpha value is -0.120. The molecular weight excluding hydrogens is 212 g/mol. The number of piperazine rings is 1. The summed E-state index contributed by atoms with van der Waals surface area (Å²) in [6.07, 6.45) is 5.54. The minimum Gasteiger partial charge on any atom is -0.383 e. The van der Waals surface area contributed by atoms with Gasteiger partial charge in [-0.1, -0.05) is 26.7 Å². The van der Waals surface area contributed by atoms with Crippen molar-refractivity contribution in [2.45, 2.75) is 51.1 Å². The summed E-state index contributed by atoms with van der Waals surface area (Å²) in [6, 6.07) is 0.651. The lowest BCUT2D eigenvalue weighted by atomic mass is 9.88. The molecule has 1 spiro atoms. The second-order valence-electron chi connectivity index (χ2n) is 6.10. The summed E-state index contributed by atoms with van der Waals surface area (Å²) >= 11 is 0. The molecule has 1 aliphatic heterocycles. The van der Waals surface area contributed by atoms with Crippen LogP contribution in [-0.4, -0.2) is 49.8 Å². The van der Waals surface area contributed by atoms with Crippen molar-refractivity contribution >= 4 is 0 Å². The Morgan fingerprint density at radius 1 is 1.35 bits per heavy atom. The first-order valence-corrected chi connectivity index (χ1v) is 7.15. The number of nitrogens with one attached hydrogen (secondary N) is 1. The predicted octanol–water partition coefficient (Wildman–Crippen LogP) is 1.88. The average Bonchev–Trinajstić information content (AvgIpc) is 2.77. The number of nitrogens with zero attached hydrogens (tertiary/aromatic N) is 1. The third-order valence-electron chi connectivity index (χ3n) is 4.69. The van der Waals surface area contributed by atoms with Crippen molar-refractivity contribution in [2.24, 2.45) is 5.92 Å². The smallest absolute Gasteiger partial charge is 0.0589 e. The minimum absolute atomic E-state index is 0.448. The van der Waals surface area contributed by atoms with E-state index >= 15 is 0 Å². The normalized spacial score (nSPS) is 29.3. The molecule has 0 amide bonds. The maximum absolute atomic E-state index is 5.28. The Bertz CT molecular complexity index is 236. The maximum Gasteiger partial charge on any atom is 0.0589 e. The van der Waals surface area contributed by atoms with E-state index in [0.717, 1.165) is 19.1 Å². The molecule has 1 N–H and O–H groups in total. The second-order valence-corrected chi connectivity index (χ2v) is 6.10. The summed E-state index contributed by atoms with van der Waals surface area (Å²) < 4.78 is 5.28. The summed E-state index contributed by atoms with van der Waals surface area (Å²) in [7, 11) is 1.81. The molecule has 1 saturated carbocycles. The quantitative estimate of drug-likeness (QED) is 0.812. The van der Waals surface area contributed by atoms with Crippen molar-refractivity contribution in [3.8, 4) is 0 Å². The van der Waals surface area contributed by atoms with E-state index in [-0.39, 0.29) is 0 Å². The summed E-state index contributed by atoms with van der Waals surface area (Å²) in [4.78, 5) is 2.71. The van der Waals surface area contributed by atoms with Gasteiger partial charge in [-0.25, -0.2) is 0 Å². The van der Waals surface area contributed by atoms with Gasteiger partial charge in [0.15, 0.2) is 0 Å². The van der Waals surface area contributed by atoms with Crippen LogP contribution in [0, 0.1) is 5.92 Å². The summed E-state index contributed by atoms with van der Waals surface area (Å²) in [5.74, 6) is 0.721. The van der Waals surface area contributed by atoms with E-state index in [1.54, 1.807) is 0 Å². The van der Waals surface area contributed by atoms with Crippen molar-refractivity contribution in [3.63, 3.8) is 0 Å². The lowest BCUT2D eigenvalue weighted by Gasteiger charge is -2.49. The van der Waals surface area contributed by atoms with Gasteiger partial charge >= 0.3 is 0 Å². The zero-order valence-corrected chi connectivity index (χ0v) is 11.7. The Balaban J connectivity index is 2.01. The molecule has 0 aromatic rings. The van der Waals surface area contributed by atoms with Crippen LogP contribution in [0.1, 0.15) is 39.5 Å². The molecule has 2 rings (SSSR count). The lowest BCUT2D eigenvalue weighted by Crippen LogP contribution is -2.65. The lowest BCUT2D eigenvalue weighted by molar-refractivity contribution is 0.0139. The fourth-order valence-electron chi connectivity index (χ4n) is 3.43. The molecule has 17 heavy (non-hydrogen) atoms. The molecule has 0 radical (unpaired) electrons. The Morgan fingerprint density at radius 2 is 2.06 bits per heavy atom. The van der Waals surface area contributed by atoms with E-state index in [0.29, 0.717) is 11.6 Å². The van der Waals surface area contributed by atoms with Gasteiger partial charge in [-0.05, 0) is 18.8 Å². The largest absolute Gasteiger partial charge is 0.383 e. The highest BCUT2D eigenvalue weighted by Crippen LogP contribution is 2.37. The molecule has 1 atom stereocenters. The van der Waals surface area contributed by atoms with Crippen molar-refractivity contribution in [2.75, 3.05) is 33.4 Å². The number of ether oxygens (including phenoxy) is 1. The highest BCUT2D eigenvalue weighted by molar-refractivity contribution is 5.02. The first-order valence-electron chi connectivity index (χ1n) is 7.15. The fourth-order valence-corrected chi connectivity index (χ4v) is 3.43. The van der Waals surface area contributed by atoms with Crippen LogP contribution in [0.25, 0.3) is 0 Å². The molecule has 0 aromatic carbocycles. The molecule has 100 valence electrons. The van der Waals surface area contributed by atoms with Crippen LogP contribution in [-0.2, 0) is 4.74 Å². The Kier molecular flexibility index (Phi) is 4.45. The zero-order chi connectivity index (χ0) is 12.3. The molecule has 0 aromatic heterocycles. The molecule has 2 aliphatic rings. The zero-order valence-electron chi connectivity index (χ0n) is 11.7. The van der Waals surface area contributed by atoms with Crippen molar-refractivity contribution in [1.82, 2.24) is 10.2 Å². The molecule has 1 saturated heterocycles. The Morgan fingerprint density at radius 3 is 2.65 bits per heavy atom. The first kappa shape index (κ1) is 13.3. The predicted molar refractivity (Wildman–Crippen MR) is 71.3 cm³/mol. The Labute approximate surface area is 106 Å². The van der Waals surface area contributed by atoms with Gasteiger partial charge < -0.3 is 10.1 Å². The number of hydrogen-bond donors (Lipinski definition) is 1. The molecule has 3 heteroatoms. The monoisotopic (exact) mass is 240 g/mol. The maximum atomic E-state index is 5.28. The second kappa shape index (κ2) is 5.68. The van der Waals surface area contributed by atoms with Gasteiger partial charge in [0.2, 0.25) is 0 Å². The number of hydrogen-bond acceptors (Lipinski definition) is 3. The summed E-state index contributed by atoms with van der Waals surface area (Å²) in [5, 5.41) is 3.78. The molecule has 2 fully saturated rings. The van der Waals surface area contributed by atoms with E-state index in [1.807, 2.05) is 7.11 Å². The minimum atomic E-state index is 0.448. The van der Waals surface area contributed by atoms with Gasteiger partial charge in [-0.3, -0.25) is 4.90 Å². The SMILES string of the molecule is COCCN1CC(C(C)C)NCC12CCCC2. The van der Waals surface area contributed by atoms with Gasteiger partial charge in [0.25, 0.3) is 0 Å². The molecular formula is C14H28N2O. The van der Waals surface area contributed by atoms with Crippen LogP contribution in [0.3, 0.4) is 0 Å². The molecule has 1 aliphatic carbocycles. The molecule has 1 unspecified atom stereocenters. The van der Waals surface area contributed by atoms with Crippen molar-refractivity contribution < 1.29 is 4.74 Å². The van der Waals surface area contributed by atoms with Crippen LogP contribution in [0.2, 0.25) is 0 Å². The average molecular weight is 240 g/mol. The van der Waals surface area contributed by atoms with Crippen LogP contribution < -0.4 is 5.32 Å².